The standard InChI is InChI=1S/C23H33NO.2C2H6/c1-18-11-9-10-14-23(18)25-17-19(2)20(3)21(4)24(5)16-15-22-12-7-6-8-13-22;2*1-2/h6-14,19-21H,15-17H2,1-5H3;2*1-2H3. The molecule has 29 heavy (non-hydrogen) atoms. The molecule has 0 N–H and O–H groups in total. The third-order valence-corrected chi connectivity index (χ3v) is 5.55. The normalized spacial score (nSPS) is 13.3. The Labute approximate surface area is 181 Å². The number of ether oxygens (including phenoxy) is 1. The molecule has 0 aromatic heterocycles. The molecule has 164 valence electrons. The summed E-state index contributed by atoms with van der Waals surface area (Å²) < 4.78 is 6.06. The monoisotopic (exact) mass is 399 g/mol. The average molecular weight is 400 g/mol. The molecular formula is C27H45NO. The lowest BCUT2D eigenvalue weighted by molar-refractivity contribution is 0.129. The fraction of sp³-hybridized carbons (Fsp3) is 0.556. The first kappa shape index (κ1) is 27.2. The van der Waals surface area contributed by atoms with Crippen molar-refractivity contribution < 1.29 is 4.74 Å². The van der Waals surface area contributed by atoms with Crippen molar-refractivity contribution in [1.29, 1.82) is 0 Å². The first-order valence-corrected chi connectivity index (χ1v) is 11.4. The molecule has 0 fully saturated rings. The molecule has 0 spiro atoms. The van der Waals surface area contributed by atoms with Gasteiger partial charge in [-0.3, -0.25) is 0 Å². The van der Waals surface area contributed by atoms with Crippen LogP contribution in [0.4, 0.5) is 0 Å². The van der Waals surface area contributed by atoms with Gasteiger partial charge in [0.25, 0.3) is 0 Å². The van der Waals surface area contributed by atoms with Gasteiger partial charge in [0, 0.05) is 12.6 Å². The lowest BCUT2D eigenvalue weighted by atomic mass is 9.89. The molecular weight excluding hydrogens is 354 g/mol. The van der Waals surface area contributed by atoms with E-state index in [4.69, 9.17) is 4.74 Å². The van der Waals surface area contributed by atoms with E-state index in [0.29, 0.717) is 17.9 Å². The van der Waals surface area contributed by atoms with Crippen LogP contribution in [0.5, 0.6) is 5.75 Å². The molecule has 0 aliphatic rings. The second-order valence-electron chi connectivity index (χ2n) is 7.37. The highest BCUT2D eigenvalue weighted by molar-refractivity contribution is 5.31. The van der Waals surface area contributed by atoms with Gasteiger partial charge in [0.1, 0.15) is 5.75 Å². The van der Waals surface area contributed by atoms with Gasteiger partial charge in [0.05, 0.1) is 6.61 Å². The Morgan fingerprint density at radius 2 is 1.38 bits per heavy atom. The summed E-state index contributed by atoms with van der Waals surface area (Å²) in [4.78, 5) is 2.47. The molecule has 0 heterocycles. The topological polar surface area (TPSA) is 12.5 Å². The van der Waals surface area contributed by atoms with E-state index in [1.807, 2.05) is 33.8 Å². The molecule has 2 heteroatoms. The lowest BCUT2D eigenvalue weighted by Gasteiger charge is -2.33. The maximum atomic E-state index is 6.06. The fourth-order valence-corrected chi connectivity index (χ4v) is 3.12. The molecule has 2 nitrogen and oxygen atoms in total. The highest BCUT2D eigenvalue weighted by atomic mass is 16.5. The van der Waals surface area contributed by atoms with Crippen LogP contribution in [0.1, 0.15) is 59.6 Å². The number of likely N-dealkylation sites (N-methyl/N-ethyl adjacent to an activating group) is 1. The van der Waals surface area contributed by atoms with E-state index in [2.05, 4.69) is 88.2 Å². The van der Waals surface area contributed by atoms with Crippen LogP contribution in [0.3, 0.4) is 0 Å². The Kier molecular flexibility index (Phi) is 15.1. The Hall–Kier alpha value is -1.80. The summed E-state index contributed by atoms with van der Waals surface area (Å²) >= 11 is 0. The fourth-order valence-electron chi connectivity index (χ4n) is 3.12. The van der Waals surface area contributed by atoms with Crippen LogP contribution in [-0.4, -0.2) is 31.1 Å². The van der Waals surface area contributed by atoms with Gasteiger partial charge in [0.15, 0.2) is 0 Å². The molecule has 2 aromatic carbocycles. The predicted molar refractivity (Wildman–Crippen MR) is 130 cm³/mol. The van der Waals surface area contributed by atoms with Gasteiger partial charge >= 0.3 is 0 Å². The first-order chi connectivity index (χ1) is 14.0. The molecule has 0 aliphatic carbocycles. The summed E-state index contributed by atoms with van der Waals surface area (Å²) in [6.45, 7) is 18.9. The van der Waals surface area contributed by atoms with Gasteiger partial charge in [-0.25, -0.2) is 0 Å². The van der Waals surface area contributed by atoms with Gasteiger partial charge in [-0.05, 0) is 56.3 Å². The van der Waals surface area contributed by atoms with E-state index >= 15 is 0 Å². The summed E-state index contributed by atoms with van der Waals surface area (Å²) in [6, 6.07) is 19.5. The van der Waals surface area contributed by atoms with Gasteiger partial charge in [-0.2, -0.15) is 0 Å². The Bertz CT molecular complexity index is 625. The van der Waals surface area contributed by atoms with Gasteiger partial charge in [-0.1, -0.05) is 90.1 Å². The summed E-state index contributed by atoms with van der Waals surface area (Å²) in [5.74, 6) is 2.09. The largest absolute Gasteiger partial charge is 0.493 e. The Morgan fingerprint density at radius 1 is 0.828 bits per heavy atom. The number of hydrogen-bond acceptors (Lipinski definition) is 2. The maximum absolute atomic E-state index is 6.06. The van der Waals surface area contributed by atoms with E-state index < -0.39 is 0 Å². The number of para-hydroxylation sites is 1. The molecule has 3 unspecified atom stereocenters. The zero-order valence-corrected chi connectivity index (χ0v) is 20.4. The Balaban J connectivity index is 0.00000184. The van der Waals surface area contributed by atoms with Crippen molar-refractivity contribution in [2.75, 3.05) is 20.2 Å². The molecule has 0 radical (unpaired) electrons. The lowest BCUT2D eigenvalue weighted by Crippen LogP contribution is -2.39. The molecule has 2 aromatic rings. The Morgan fingerprint density at radius 3 is 1.97 bits per heavy atom. The van der Waals surface area contributed by atoms with Gasteiger partial charge in [0.2, 0.25) is 0 Å². The van der Waals surface area contributed by atoms with Crippen molar-refractivity contribution in [3.05, 3.63) is 65.7 Å². The highest BCUT2D eigenvalue weighted by Gasteiger charge is 2.23. The van der Waals surface area contributed by atoms with E-state index in [-0.39, 0.29) is 0 Å². The number of hydrogen-bond donors (Lipinski definition) is 0. The van der Waals surface area contributed by atoms with Crippen LogP contribution in [0.2, 0.25) is 0 Å². The number of aryl methyl sites for hydroxylation is 1. The summed E-state index contributed by atoms with van der Waals surface area (Å²) in [5.41, 5.74) is 2.61. The molecule has 2 rings (SSSR count). The second-order valence-corrected chi connectivity index (χ2v) is 7.37. The van der Waals surface area contributed by atoms with Crippen molar-refractivity contribution >= 4 is 0 Å². The summed E-state index contributed by atoms with van der Waals surface area (Å²) in [6.07, 6.45) is 1.10. The summed E-state index contributed by atoms with van der Waals surface area (Å²) in [5, 5.41) is 0. The van der Waals surface area contributed by atoms with E-state index in [1.54, 1.807) is 0 Å². The summed E-state index contributed by atoms with van der Waals surface area (Å²) in [7, 11) is 2.24. The predicted octanol–water partition coefficient (Wildman–Crippen LogP) is 7.26. The minimum Gasteiger partial charge on any atom is -0.493 e. The zero-order valence-electron chi connectivity index (χ0n) is 20.4. The van der Waals surface area contributed by atoms with Crippen LogP contribution < -0.4 is 4.74 Å². The quantitative estimate of drug-likeness (QED) is 0.440. The molecule has 0 saturated heterocycles. The van der Waals surface area contributed by atoms with Crippen molar-refractivity contribution in [2.45, 2.75) is 67.9 Å². The first-order valence-electron chi connectivity index (χ1n) is 11.4. The van der Waals surface area contributed by atoms with E-state index in [1.165, 1.54) is 11.1 Å². The van der Waals surface area contributed by atoms with Crippen molar-refractivity contribution in [2.24, 2.45) is 11.8 Å². The molecule has 0 amide bonds. The molecule has 0 bridgehead atoms. The SMILES string of the molecule is CC.CC.Cc1ccccc1OCC(C)C(C)C(C)N(C)CCc1ccccc1. The van der Waals surface area contributed by atoms with Crippen molar-refractivity contribution in [1.82, 2.24) is 4.90 Å². The highest BCUT2D eigenvalue weighted by Crippen LogP contribution is 2.22. The van der Waals surface area contributed by atoms with Crippen LogP contribution >= 0.6 is 0 Å². The minimum atomic E-state index is 0.508. The van der Waals surface area contributed by atoms with Crippen LogP contribution in [0.25, 0.3) is 0 Å². The van der Waals surface area contributed by atoms with Crippen LogP contribution in [0, 0.1) is 18.8 Å². The number of benzene rings is 2. The molecule has 0 aliphatic heterocycles. The van der Waals surface area contributed by atoms with Gasteiger partial charge in [-0.15, -0.1) is 0 Å². The minimum absolute atomic E-state index is 0.508. The van der Waals surface area contributed by atoms with Crippen molar-refractivity contribution in [3.8, 4) is 5.75 Å². The third-order valence-electron chi connectivity index (χ3n) is 5.55. The second kappa shape index (κ2) is 16.0. The smallest absolute Gasteiger partial charge is 0.122 e. The maximum Gasteiger partial charge on any atom is 0.122 e. The van der Waals surface area contributed by atoms with Gasteiger partial charge < -0.3 is 9.64 Å². The van der Waals surface area contributed by atoms with Crippen LogP contribution in [-0.2, 0) is 6.42 Å². The van der Waals surface area contributed by atoms with E-state index in [0.717, 1.165) is 25.3 Å². The zero-order chi connectivity index (χ0) is 22.2. The third kappa shape index (κ3) is 9.99. The molecule has 0 saturated carbocycles. The van der Waals surface area contributed by atoms with Crippen LogP contribution in [0.15, 0.2) is 54.6 Å². The number of nitrogens with zero attached hydrogens (tertiary/aromatic N) is 1. The van der Waals surface area contributed by atoms with Crippen molar-refractivity contribution in [3.63, 3.8) is 0 Å². The average Bonchev–Trinajstić information content (AvgIpc) is 2.79. The van der Waals surface area contributed by atoms with E-state index in [9.17, 15) is 0 Å². The number of rotatable bonds is 9. The molecule has 3 atom stereocenters.